The Kier molecular flexibility index (Phi) is 7.59. The number of nitriles is 1. The molecule has 10 aromatic rings. The molecular weight excluding hydrogens is 729 g/mol. The van der Waals surface area contributed by atoms with E-state index >= 15 is 0 Å². The van der Waals surface area contributed by atoms with E-state index in [2.05, 4.69) is 180 Å². The first kappa shape index (κ1) is 34.1. The van der Waals surface area contributed by atoms with Crippen molar-refractivity contribution in [3.63, 3.8) is 0 Å². The van der Waals surface area contributed by atoms with Crippen LogP contribution < -0.4 is 4.90 Å². The minimum absolute atomic E-state index is 0.157. The third kappa shape index (κ3) is 4.97. The molecule has 58 heavy (non-hydrogen) atoms. The molecule has 5 nitrogen and oxygen atoms in total. The SMILES string of the molecule is CC1(C)c2ccccc2N(c2ccc3c(c2)c2ccc4c5ccccc5n(-c5ccccc5)c4c2n3-c2ccc(S(=O)c3ccc(C#N)cc3)cc2)c2ccccc21. The van der Waals surface area contributed by atoms with E-state index in [9.17, 15) is 9.47 Å². The van der Waals surface area contributed by atoms with Gasteiger partial charge < -0.3 is 14.0 Å². The number of rotatable bonds is 5. The lowest BCUT2D eigenvalue weighted by Crippen LogP contribution is -2.30. The van der Waals surface area contributed by atoms with Gasteiger partial charge in [0.15, 0.2) is 0 Å². The molecule has 0 fully saturated rings. The normalized spacial score (nSPS) is 13.8. The van der Waals surface area contributed by atoms with Crippen LogP contribution in [0.4, 0.5) is 17.1 Å². The van der Waals surface area contributed by atoms with Gasteiger partial charge in [-0.25, -0.2) is 4.21 Å². The lowest BCUT2D eigenvalue weighted by molar-refractivity contribution is 0.632. The van der Waals surface area contributed by atoms with Crippen LogP contribution in [-0.4, -0.2) is 13.3 Å². The highest BCUT2D eigenvalue weighted by Crippen LogP contribution is 2.52. The molecule has 8 aromatic carbocycles. The van der Waals surface area contributed by atoms with Crippen molar-refractivity contribution in [2.24, 2.45) is 0 Å². The van der Waals surface area contributed by atoms with Crippen molar-refractivity contribution in [3.8, 4) is 17.4 Å². The zero-order valence-corrected chi connectivity index (χ0v) is 32.7. The Morgan fingerprint density at radius 1 is 0.483 bits per heavy atom. The molecule has 276 valence electrons. The maximum atomic E-state index is 13.8. The van der Waals surface area contributed by atoms with Crippen LogP contribution in [0.2, 0.25) is 0 Å². The van der Waals surface area contributed by atoms with Crippen LogP contribution >= 0.6 is 0 Å². The standard InChI is InChI=1S/C52H36N4OS/c1-52(2)44-15-7-10-18-48(44)54(49-19-11-8-16-45(49)52)37-24-31-47-43(32-37)42-30-29-41-40-14-6-9-17-46(40)55(35-12-4-3-5-13-35)50(41)51(42)56(47)36-22-27-39(28-23-36)58(57)38-25-20-34(33-53)21-26-38/h3-32H,1-2H3. The molecule has 1 aliphatic rings. The van der Waals surface area contributed by atoms with Crippen LogP contribution in [-0.2, 0) is 16.2 Å². The largest absolute Gasteiger partial charge is 0.310 e. The molecule has 0 amide bonds. The molecule has 0 N–H and O–H groups in total. The monoisotopic (exact) mass is 764 g/mol. The van der Waals surface area contributed by atoms with Gasteiger partial charge in [-0.15, -0.1) is 0 Å². The van der Waals surface area contributed by atoms with Crippen molar-refractivity contribution in [1.29, 1.82) is 5.26 Å². The summed E-state index contributed by atoms with van der Waals surface area (Å²) in [6.45, 7) is 4.64. The van der Waals surface area contributed by atoms with Crippen LogP contribution in [0.15, 0.2) is 192 Å². The Hall–Kier alpha value is -7.20. The van der Waals surface area contributed by atoms with E-state index in [0.717, 1.165) is 49.9 Å². The van der Waals surface area contributed by atoms with Crippen molar-refractivity contribution in [3.05, 3.63) is 199 Å². The van der Waals surface area contributed by atoms with Gasteiger partial charge in [-0.2, -0.15) is 5.26 Å². The smallest absolute Gasteiger partial charge is 0.0991 e. The minimum atomic E-state index is -1.40. The van der Waals surface area contributed by atoms with Gasteiger partial charge in [-0.1, -0.05) is 98.8 Å². The van der Waals surface area contributed by atoms with Gasteiger partial charge in [0, 0.05) is 53.8 Å². The quantitative estimate of drug-likeness (QED) is 0.175. The van der Waals surface area contributed by atoms with Crippen LogP contribution in [0.1, 0.15) is 30.5 Å². The summed E-state index contributed by atoms with van der Waals surface area (Å²) in [5.41, 5.74) is 13.0. The van der Waals surface area contributed by atoms with Crippen molar-refractivity contribution >= 4 is 71.5 Å². The van der Waals surface area contributed by atoms with Crippen LogP contribution in [0.5, 0.6) is 0 Å². The summed E-state index contributed by atoms with van der Waals surface area (Å²) in [5, 5.41) is 14.0. The van der Waals surface area contributed by atoms with E-state index in [4.69, 9.17) is 0 Å². The minimum Gasteiger partial charge on any atom is -0.310 e. The molecule has 0 bridgehead atoms. The third-order valence-corrected chi connectivity index (χ3v) is 13.4. The zero-order valence-electron chi connectivity index (χ0n) is 31.9. The van der Waals surface area contributed by atoms with E-state index in [1.807, 2.05) is 12.1 Å². The second-order valence-electron chi connectivity index (χ2n) is 15.5. The van der Waals surface area contributed by atoms with Crippen LogP contribution in [0.25, 0.3) is 55.0 Å². The third-order valence-electron chi connectivity index (χ3n) is 12.0. The summed E-state index contributed by atoms with van der Waals surface area (Å²) in [4.78, 5) is 3.78. The van der Waals surface area contributed by atoms with Crippen molar-refractivity contribution in [1.82, 2.24) is 9.13 Å². The van der Waals surface area contributed by atoms with E-state index in [-0.39, 0.29) is 5.41 Å². The fraction of sp³-hybridized carbons (Fsp3) is 0.0577. The van der Waals surface area contributed by atoms with Gasteiger partial charge in [-0.3, -0.25) is 0 Å². The molecular formula is C52H36N4OS. The van der Waals surface area contributed by atoms with E-state index in [0.29, 0.717) is 15.4 Å². The second-order valence-corrected chi connectivity index (χ2v) is 17.0. The van der Waals surface area contributed by atoms with Crippen molar-refractivity contribution in [2.45, 2.75) is 29.1 Å². The molecule has 2 aromatic heterocycles. The lowest BCUT2D eigenvalue weighted by atomic mass is 9.73. The average Bonchev–Trinajstić information content (AvgIpc) is 3.79. The summed E-state index contributed by atoms with van der Waals surface area (Å²) < 4.78 is 18.5. The predicted molar refractivity (Wildman–Crippen MR) is 238 cm³/mol. The molecule has 1 atom stereocenters. The van der Waals surface area contributed by atoms with Gasteiger partial charge in [-0.05, 0) is 108 Å². The molecule has 0 radical (unpaired) electrons. The van der Waals surface area contributed by atoms with Crippen molar-refractivity contribution < 1.29 is 4.21 Å². The highest BCUT2D eigenvalue weighted by molar-refractivity contribution is 7.85. The first-order chi connectivity index (χ1) is 28.4. The molecule has 0 saturated heterocycles. The number of benzene rings is 8. The summed E-state index contributed by atoms with van der Waals surface area (Å²) in [5.74, 6) is 0. The number of aromatic nitrogens is 2. The number of hydrogen-bond donors (Lipinski definition) is 0. The maximum absolute atomic E-state index is 13.8. The number of anilines is 3. The Bertz CT molecular complexity index is 3280. The molecule has 0 aliphatic carbocycles. The first-order valence-corrected chi connectivity index (χ1v) is 20.6. The topological polar surface area (TPSA) is 54.0 Å². The molecule has 0 spiro atoms. The number of hydrogen-bond acceptors (Lipinski definition) is 3. The zero-order chi connectivity index (χ0) is 39.1. The van der Waals surface area contributed by atoms with E-state index in [1.54, 1.807) is 24.3 Å². The van der Waals surface area contributed by atoms with Crippen molar-refractivity contribution in [2.75, 3.05) is 4.90 Å². The lowest BCUT2D eigenvalue weighted by Gasteiger charge is -2.42. The van der Waals surface area contributed by atoms with Gasteiger partial charge in [0.2, 0.25) is 0 Å². The van der Waals surface area contributed by atoms with Crippen LogP contribution in [0.3, 0.4) is 0 Å². The van der Waals surface area contributed by atoms with E-state index < -0.39 is 10.8 Å². The van der Waals surface area contributed by atoms with Gasteiger partial charge in [0.25, 0.3) is 0 Å². The first-order valence-electron chi connectivity index (χ1n) is 19.5. The van der Waals surface area contributed by atoms with Gasteiger partial charge in [0.05, 0.1) is 55.9 Å². The fourth-order valence-electron chi connectivity index (χ4n) is 9.25. The molecule has 1 unspecified atom stereocenters. The predicted octanol–water partition coefficient (Wildman–Crippen LogP) is 13.0. The fourth-order valence-corrected chi connectivity index (χ4v) is 10.3. The number of fused-ring (bicyclic) bond motifs is 9. The highest BCUT2D eigenvalue weighted by atomic mass is 32.2. The summed E-state index contributed by atoms with van der Waals surface area (Å²) >= 11 is 0. The molecule has 0 saturated carbocycles. The second kappa shape index (κ2) is 12.9. The van der Waals surface area contributed by atoms with Gasteiger partial charge >= 0.3 is 0 Å². The summed E-state index contributed by atoms with van der Waals surface area (Å²) in [7, 11) is -1.40. The molecule has 6 heteroatoms. The average molecular weight is 765 g/mol. The Balaban J connectivity index is 1.19. The van der Waals surface area contributed by atoms with E-state index in [1.165, 1.54) is 33.3 Å². The highest BCUT2D eigenvalue weighted by Gasteiger charge is 2.36. The maximum Gasteiger partial charge on any atom is 0.0991 e. The van der Waals surface area contributed by atoms with Gasteiger partial charge in [0.1, 0.15) is 0 Å². The number of para-hydroxylation sites is 4. The molecule has 1 aliphatic heterocycles. The Morgan fingerprint density at radius 3 is 1.62 bits per heavy atom. The molecule has 3 heterocycles. The Labute approximate surface area is 338 Å². The Morgan fingerprint density at radius 2 is 0.983 bits per heavy atom. The van der Waals surface area contributed by atoms with Crippen LogP contribution in [0, 0.1) is 11.3 Å². The molecule has 11 rings (SSSR count). The summed E-state index contributed by atoms with van der Waals surface area (Å²) in [6.07, 6.45) is 0. The summed E-state index contributed by atoms with van der Waals surface area (Å²) in [6, 6.07) is 65.5. The number of nitrogens with zero attached hydrogens (tertiary/aromatic N) is 4.